The zero-order chi connectivity index (χ0) is 21.9. The van der Waals surface area contributed by atoms with E-state index < -0.39 is 11.7 Å². The molecule has 0 aromatic heterocycles. The number of carbonyl (C=O) groups excluding carboxylic acids is 3. The van der Waals surface area contributed by atoms with E-state index in [2.05, 4.69) is 12.2 Å². The summed E-state index contributed by atoms with van der Waals surface area (Å²) in [7, 11) is 0. The maximum absolute atomic E-state index is 13.0. The molecular formula is C23H33N3O4. The number of nitrogens with one attached hydrogen (secondary N) is 1. The lowest BCUT2D eigenvalue weighted by Crippen LogP contribution is -2.49. The Morgan fingerprint density at radius 3 is 2.47 bits per heavy atom. The van der Waals surface area contributed by atoms with Gasteiger partial charge in [0.15, 0.2) is 0 Å². The van der Waals surface area contributed by atoms with Gasteiger partial charge in [0.2, 0.25) is 11.8 Å². The number of hydrogen-bond donors (Lipinski definition) is 1. The molecule has 1 unspecified atom stereocenters. The maximum atomic E-state index is 13.0. The van der Waals surface area contributed by atoms with Crippen LogP contribution in [0.4, 0.5) is 10.5 Å². The summed E-state index contributed by atoms with van der Waals surface area (Å²) < 4.78 is 5.31. The van der Waals surface area contributed by atoms with E-state index in [0.717, 1.165) is 17.7 Å². The lowest BCUT2D eigenvalue weighted by molar-refractivity contribution is -0.136. The molecule has 2 aliphatic rings. The molecule has 1 N–H and O–H groups in total. The predicted octanol–water partition coefficient (Wildman–Crippen LogP) is 3.12. The van der Waals surface area contributed by atoms with E-state index in [1.54, 1.807) is 4.90 Å². The normalized spacial score (nSPS) is 20.4. The van der Waals surface area contributed by atoms with Gasteiger partial charge in [0.25, 0.3) is 0 Å². The van der Waals surface area contributed by atoms with Crippen LogP contribution in [0.25, 0.3) is 0 Å². The van der Waals surface area contributed by atoms with Gasteiger partial charge in [0.05, 0.1) is 5.92 Å². The average Bonchev–Trinajstić information content (AvgIpc) is 3.08. The van der Waals surface area contributed by atoms with Gasteiger partial charge < -0.3 is 19.9 Å². The van der Waals surface area contributed by atoms with Crippen molar-refractivity contribution in [2.75, 3.05) is 24.5 Å². The van der Waals surface area contributed by atoms with Crippen molar-refractivity contribution in [3.05, 3.63) is 29.8 Å². The standard InChI is InChI=1S/C23H33N3O4/c1-5-16-8-6-7-9-19(16)26-15-17(14-20(26)27)21(28)25-12-10-18(11-13-25)24-22(29)30-23(2,3)4/h6-9,17-18H,5,10-15H2,1-4H3,(H,24,29). The Morgan fingerprint density at radius 2 is 1.83 bits per heavy atom. The van der Waals surface area contributed by atoms with Crippen LogP contribution in [-0.4, -0.2) is 54.1 Å². The van der Waals surface area contributed by atoms with Crippen LogP contribution in [0.1, 0.15) is 52.5 Å². The molecule has 1 aromatic carbocycles. The third-order valence-electron chi connectivity index (χ3n) is 5.67. The molecule has 1 aromatic rings. The number of carbonyl (C=O) groups is 3. The number of ether oxygens (including phenoxy) is 1. The molecule has 30 heavy (non-hydrogen) atoms. The summed E-state index contributed by atoms with van der Waals surface area (Å²) in [6, 6.07) is 7.89. The van der Waals surface area contributed by atoms with Crippen molar-refractivity contribution in [1.29, 1.82) is 0 Å². The molecule has 0 bridgehead atoms. The third-order valence-corrected chi connectivity index (χ3v) is 5.67. The zero-order valence-corrected chi connectivity index (χ0v) is 18.4. The van der Waals surface area contributed by atoms with Gasteiger partial charge in [-0.2, -0.15) is 0 Å². The first-order valence-corrected chi connectivity index (χ1v) is 10.8. The van der Waals surface area contributed by atoms with Crippen LogP contribution in [0.15, 0.2) is 24.3 Å². The van der Waals surface area contributed by atoms with Crippen LogP contribution in [-0.2, 0) is 20.7 Å². The number of rotatable bonds is 4. The molecule has 0 aliphatic carbocycles. The number of aryl methyl sites for hydroxylation is 1. The van der Waals surface area contributed by atoms with Gasteiger partial charge >= 0.3 is 6.09 Å². The summed E-state index contributed by atoms with van der Waals surface area (Å²) in [5.41, 5.74) is 1.51. The first-order valence-electron chi connectivity index (χ1n) is 10.8. The number of hydrogen-bond acceptors (Lipinski definition) is 4. The number of para-hydroxylation sites is 1. The topological polar surface area (TPSA) is 79.0 Å². The number of amides is 3. The van der Waals surface area contributed by atoms with Crippen molar-refractivity contribution in [3.8, 4) is 0 Å². The van der Waals surface area contributed by atoms with Gasteiger partial charge in [-0.25, -0.2) is 4.79 Å². The van der Waals surface area contributed by atoms with Crippen LogP contribution in [0.5, 0.6) is 0 Å². The molecule has 3 amide bonds. The fourth-order valence-electron chi connectivity index (χ4n) is 4.16. The van der Waals surface area contributed by atoms with Gasteiger partial charge in [0, 0.05) is 37.8 Å². The quantitative estimate of drug-likeness (QED) is 0.820. The number of anilines is 1. The van der Waals surface area contributed by atoms with Crippen molar-refractivity contribution in [1.82, 2.24) is 10.2 Å². The fourth-order valence-corrected chi connectivity index (χ4v) is 4.16. The molecule has 0 saturated carbocycles. The second-order valence-corrected chi connectivity index (χ2v) is 9.13. The smallest absolute Gasteiger partial charge is 0.407 e. The molecule has 164 valence electrons. The number of benzene rings is 1. The minimum atomic E-state index is -0.530. The molecule has 1 atom stereocenters. The molecule has 7 nitrogen and oxygen atoms in total. The Labute approximate surface area is 178 Å². The molecule has 2 fully saturated rings. The Bertz CT molecular complexity index is 794. The van der Waals surface area contributed by atoms with Gasteiger partial charge in [-0.05, 0) is 51.7 Å². The number of piperidine rings is 1. The first kappa shape index (κ1) is 22.1. The van der Waals surface area contributed by atoms with Crippen molar-refractivity contribution in [2.24, 2.45) is 5.92 Å². The van der Waals surface area contributed by atoms with Crippen LogP contribution in [0, 0.1) is 5.92 Å². The minimum absolute atomic E-state index is 0.00189. The number of alkyl carbamates (subject to hydrolysis) is 1. The highest BCUT2D eigenvalue weighted by Crippen LogP contribution is 2.30. The molecule has 3 rings (SSSR count). The maximum Gasteiger partial charge on any atom is 0.407 e. The van der Waals surface area contributed by atoms with E-state index in [4.69, 9.17) is 4.74 Å². The lowest BCUT2D eigenvalue weighted by atomic mass is 10.0. The zero-order valence-electron chi connectivity index (χ0n) is 18.4. The molecule has 2 saturated heterocycles. The molecule has 7 heteroatoms. The highest BCUT2D eigenvalue weighted by Gasteiger charge is 2.38. The largest absolute Gasteiger partial charge is 0.444 e. The van der Waals surface area contributed by atoms with Gasteiger partial charge in [0.1, 0.15) is 5.60 Å². The molecule has 0 spiro atoms. The van der Waals surface area contributed by atoms with E-state index in [1.165, 1.54) is 0 Å². The van der Waals surface area contributed by atoms with Crippen LogP contribution in [0.2, 0.25) is 0 Å². The molecule has 0 radical (unpaired) electrons. The summed E-state index contributed by atoms with van der Waals surface area (Å²) in [5.74, 6) is -0.260. The highest BCUT2D eigenvalue weighted by molar-refractivity contribution is 6.00. The Kier molecular flexibility index (Phi) is 6.68. The Hall–Kier alpha value is -2.57. The Balaban J connectivity index is 1.53. The molecule has 2 aliphatic heterocycles. The van der Waals surface area contributed by atoms with Crippen molar-refractivity contribution in [2.45, 2.75) is 65.0 Å². The summed E-state index contributed by atoms with van der Waals surface area (Å²) >= 11 is 0. The highest BCUT2D eigenvalue weighted by atomic mass is 16.6. The lowest BCUT2D eigenvalue weighted by Gasteiger charge is -2.34. The summed E-state index contributed by atoms with van der Waals surface area (Å²) in [5, 5.41) is 2.89. The van der Waals surface area contributed by atoms with E-state index in [-0.39, 0.29) is 30.2 Å². The van der Waals surface area contributed by atoms with Gasteiger partial charge in [-0.3, -0.25) is 9.59 Å². The first-order chi connectivity index (χ1) is 14.2. The van der Waals surface area contributed by atoms with Crippen LogP contribution < -0.4 is 10.2 Å². The Morgan fingerprint density at radius 1 is 1.17 bits per heavy atom. The monoisotopic (exact) mass is 415 g/mol. The predicted molar refractivity (Wildman–Crippen MR) is 115 cm³/mol. The molecule has 2 heterocycles. The van der Waals surface area contributed by atoms with Crippen molar-refractivity contribution < 1.29 is 19.1 Å². The van der Waals surface area contributed by atoms with E-state index in [9.17, 15) is 14.4 Å². The van der Waals surface area contributed by atoms with E-state index in [1.807, 2.05) is 49.9 Å². The summed E-state index contributed by atoms with van der Waals surface area (Å²) in [4.78, 5) is 41.2. The van der Waals surface area contributed by atoms with Gasteiger partial charge in [-0.15, -0.1) is 0 Å². The van der Waals surface area contributed by atoms with Crippen LogP contribution in [0.3, 0.4) is 0 Å². The second kappa shape index (κ2) is 9.06. The van der Waals surface area contributed by atoms with E-state index in [0.29, 0.717) is 32.5 Å². The summed E-state index contributed by atoms with van der Waals surface area (Å²) in [6.07, 6.45) is 2.06. The van der Waals surface area contributed by atoms with Crippen LogP contribution >= 0.6 is 0 Å². The SMILES string of the molecule is CCc1ccccc1N1CC(C(=O)N2CCC(NC(=O)OC(C)(C)C)CC2)CC1=O. The third kappa shape index (κ3) is 5.32. The number of likely N-dealkylation sites (tertiary alicyclic amines) is 1. The van der Waals surface area contributed by atoms with Crippen molar-refractivity contribution >= 4 is 23.6 Å². The fraction of sp³-hybridized carbons (Fsp3) is 0.609. The van der Waals surface area contributed by atoms with Gasteiger partial charge in [-0.1, -0.05) is 25.1 Å². The summed E-state index contributed by atoms with van der Waals surface area (Å²) in [6.45, 7) is 9.16. The minimum Gasteiger partial charge on any atom is -0.444 e. The second-order valence-electron chi connectivity index (χ2n) is 9.13. The van der Waals surface area contributed by atoms with Crippen molar-refractivity contribution in [3.63, 3.8) is 0 Å². The van der Waals surface area contributed by atoms with E-state index >= 15 is 0 Å². The average molecular weight is 416 g/mol. The number of nitrogens with zero attached hydrogens (tertiary/aromatic N) is 2. The molecular weight excluding hydrogens is 382 g/mol.